The number of fused-ring (bicyclic) bond motifs is 15. The summed E-state index contributed by atoms with van der Waals surface area (Å²) in [5.41, 5.74) is 34.2. The van der Waals surface area contributed by atoms with Crippen molar-refractivity contribution in [2.45, 2.75) is 220 Å². The average molecular weight is 1820 g/mol. The first-order valence-corrected chi connectivity index (χ1v) is 47.5. The third kappa shape index (κ3) is 19.6. The molecule has 15 heteroatoms. The molecule has 0 amide bonds. The van der Waals surface area contributed by atoms with Gasteiger partial charge in [-0.15, -0.1) is 12.3 Å². The Morgan fingerprint density at radius 1 is 0.353 bits per heavy atom. The molecule has 0 radical (unpaired) electrons. The maximum absolute atomic E-state index is 8.27. The van der Waals surface area contributed by atoms with E-state index in [0.29, 0.717) is 58.1 Å². The van der Waals surface area contributed by atoms with Gasteiger partial charge in [0.05, 0.1) is 29.2 Å². The van der Waals surface area contributed by atoms with Gasteiger partial charge in [0, 0.05) is 153 Å². The highest BCUT2D eigenvalue weighted by Crippen LogP contribution is 2.44. The number of benzene rings is 5. The molecule has 5 aromatic carbocycles. The molecule has 0 spiro atoms. The molecule has 15 aromatic heterocycles. The summed E-state index contributed by atoms with van der Waals surface area (Å²) in [5.74, 6) is 2.30. The summed E-state index contributed by atoms with van der Waals surface area (Å²) in [7, 11) is 10.4. The molecule has 0 aliphatic heterocycles. The van der Waals surface area contributed by atoms with Gasteiger partial charge in [0.25, 0.3) is 0 Å². The van der Waals surface area contributed by atoms with E-state index in [2.05, 4.69) is 385 Å². The molecule has 1 unspecified atom stereocenters. The predicted molar refractivity (Wildman–Crippen MR) is 560 cm³/mol. The van der Waals surface area contributed by atoms with E-state index in [1.807, 2.05) is 51.2 Å². The Morgan fingerprint density at radius 2 is 0.625 bits per heavy atom. The van der Waals surface area contributed by atoms with Crippen molar-refractivity contribution >= 4 is 110 Å². The van der Waals surface area contributed by atoms with Crippen molar-refractivity contribution in [3.63, 3.8) is 0 Å². The minimum absolute atomic E-state index is 0.00890. The van der Waals surface area contributed by atoms with E-state index in [4.69, 9.17) is 35.3 Å². The van der Waals surface area contributed by atoms with Crippen molar-refractivity contribution in [2.24, 2.45) is 41.1 Å². The SMILES string of the molecule is C#CC.CCc1ccc2c(n1)oc1c(-c3ccc(C(C)C)c[n+]3C)c(C)ccc12.Cc1ccc2c(oc3nc(C(C)(C)C)ccc32)c1-c1ccc(C(C)C)c[n+]1C.[2H]C(C)(C)c1ccc2c(n1)oc1c(-c3ccc(C(C)C)c[n+]3C)c(C)ccc12.[2H]C([2H])([2H])C([2H])(C)Cc1ccc2c(n1)oc1c(-c3ccc(C(C)C)c[n+]3C)c(C)ccc12.[2H]c1ccc2c(n1)oc1c(-c3ccc(C(C)C)c[n+]3C)c(C)ccc12. The molecule has 0 bridgehead atoms. The van der Waals surface area contributed by atoms with Crippen molar-refractivity contribution in [2.75, 3.05) is 0 Å². The third-order valence-corrected chi connectivity index (χ3v) is 26.0. The van der Waals surface area contributed by atoms with Crippen LogP contribution in [-0.4, -0.2) is 24.9 Å². The molecule has 1 atom stereocenters. The molecule has 0 aliphatic rings. The van der Waals surface area contributed by atoms with Crippen molar-refractivity contribution < 1.29 is 53.1 Å². The molecular weight excluding hydrogens is 1670 g/mol. The second kappa shape index (κ2) is 40.0. The number of terminal acetylenes is 1. The number of hydrogen-bond acceptors (Lipinski definition) is 10. The lowest BCUT2D eigenvalue weighted by atomic mass is 9.91. The van der Waals surface area contributed by atoms with E-state index in [-0.39, 0.29) is 18.0 Å². The van der Waals surface area contributed by atoms with E-state index in [1.54, 1.807) is 19.1 Å². The smallest absolute Gasteiger partial charge is 0.227 e. The Kier molecular flexibility index (Phi) is 26.1. The Labute approximate surface area is 810 Å². The normalized spacial score (nSPS) is 13.0. The van der Waals surface area contributed by atoms with Crippen molar-refractivity contribution in [1.29, 1.82) is 0 Å². The molecule has 694 valence electrons. The van der Waals surface area contributed by atoms with Crippen LogP contribution in [0, 0.1) is 52.9 Å². The highest BCUT2D eigenvalue weighted by atomic mass is 16.4. The first kappa shape index (κ1) is 88.7. The van der Waals surface area contributed by atoms with Gasteiger partial charge in [-0.3, -0.25) is 0 Å². The van der Waals surface area contributed by atoms with E-state index in [0.717, 1.165) is 178 Å². The predicted octanol–water partition coefficient (Wildman–Crippen LogP) is 29.3. The first-order chi connectivity index (χ1) is 67.1. The summed E-state index contributed by atoms with van der Waals surface area (Å²) in [5, 5.41) is 10.3. The van der Waals surface area contributed by atoms with Gasteiger partial charge < -0.3 is 22.1 Å². The van der Waals surface area contributed by atoms with Gasteiger partial charge in [-0.25, -0.2) is 47.8 Å². The number of nitrogens with zero attached hydrogens (tertiary/aromatic N) is 10. The van der Waals surface area contributed by atoms with E-state index in [9.17, 15) is 0 Å². The average Bonchev–Trinajstić information content (AvgIpc) is 1.61. The van der Waals surface area contributed by atoms with Crippen LogP contribution in [0.2, 0.25) is 0 Å². The zero-order valence-electron chi connectivity index (χ0n) is 90.6. The van der Waals surface area contributed by atoms with Gasteiger partial charge in [-0.1, -0.05) is 185 Å². The number of aryl methyl sites for hydroxylation is 11. The number of furan rings is 5. The van der Waals surface area contributed by atoms with Crippen LogP contribution in [0.5, 0.6) is 0 Å². The Hall–Kier alpha value is -13.8. The third-order valence-electron chi connectivity index (χ3n) is 26.0. The maximum Gasteiger partial charge on any atom is 0.227 e. The summed E-state index contributed by atoms with van der Waals surface area (Å²) < 4.78 is 89.3. The second-order valence-corrected chi connectivity index (χ2v) is 39.3. The molecule has 0 saturated carbocycles. The van der Waals surface area contributed by atoms with Crippen LogP contribution in [0.4, 0.5) is 0 Å². The zero-order chi connectivity index (χ0) is 103. The largest absolute Gasteiger partial charge is 0.437 e. The van der Waals surface area contributed by atoms with Crippen molar-refractivity contribution in [3.05, 3.63) is 298 Å². The molecule has 136 heavy (non-hydrogen) atoms. The molecule has 0 saturated heterocycles. The maximum atomic E-state index is 8.27. The van der Waals surface area contributed by atoms with Gasteiger partial charge in [0.1, 0.15) is 35.2 Å². The lowest BCUT2D eigenvalue weighted by Gasteiger charge is -2.16. The first-order valence-electron chi connectivity index (χ1n) is 50.5. The molecular formula is C121H135N10O5+5. The van der Waals surface area contributed by atoms with Crippen LogP contribution < -0.4 is 22.8 Å². The Balaban J connectivity index is 0.000000133. The molecule has 0 N–H and O–H groups in total. The topological polar surface area (TPSA) is 150 Å². The minimum atomic E-state index is -2.39. The Morgan fingerprint density at radius 3 is 0.919 bits per heavy atom. The highest BCUT2D eigenvalue weighted by Gasteiger charge is 2.30. The minimum Gasteiger partial charge on any atom is -0.437 e. The lowest BCUT2D eigenvalue weighted by molar-refractivity contribution is -0.661. The number of aromatic nitrogens is 10. The standard InChI is InChI=1S/2C25H29N2O.C24H27N2O.C23H25N2O.C21H21N2O.C3H4/c1-15(2)17-9-12-20(27(7)14-17)22-16(3)8-10-18-19-11-13-21(25(4,5)6)26-24(19)28-23(18)22;1-15(2)13-19-9-11-21-20-10-7-17(5)23(24(20)28-25(21)26-19)22-12-8-18(16(3)4)14-27(22)6;1-14(2)17-8-12-21(26(6)13-17)22-16(5)7-9-18-19-10-11-20(15(3)4)25-24(19)27-23(18)22;1-6-17-9-11-19-18-10-7-15(4)21(22(18)26-23(19)24-17)20-12-8-16(14(2)3)13-25(20)5;1-13(2)15-8-10-18(23(4)12-15)19-14(3)7-9-16-17-6-5-11-22-21(17)24-20(16)19;1-3-2/h8-15H,1-7H3;7-12,14-16H,13H2,1-6H3;7-15H,1-6H3;7-14H,6H2,1-5H3;5-13H,1-4H3;1H,2H3/q5*+1;/i;1D3,15D;15D;;11D;. The van der Waals surface area contributed by atoms with Gasteiger partial charge in [-0.05, 0) is 215 Å². The summed E-state index contributed by atoms with van der Waals surface area (Å²) in [6.45, 7) is 45.6. The van der Waals surface area contributed by atoms with Gasteiger partial charge in [0.2, 0.25) is 57.0 Å². The zero-order valence-corrected chi connectivity index (χ0v) is 84.6. The van der Waals surface area contributed by atoms with Gasteiger partial charge in [0.15, 0.2) is 58.9 Å². The summed E-state index contributed by atoms with van der Waals surface area (Å²) >= 11 is 0. The number of hydrogen-bond donors (Lipinski definition) is 0. The Bertz CT molecular complexity index is 8080. The summed E-state index contributed by atoms with van der Waals surface area (Å²) in [6, 6.07) is 62.9. The quantitative estimate of drug-likeness (QED) is 0.0760. The number of pyridine rings is 10. The van der Waals surface area contributed by atoms with Crippen LogP contribution >= 0.6 is 0 Å². The molecule has 15 nitrogen and oxygen atoms in total. The fourth-order valence-corrected chi connectivity index (χ4v) is 18.1. The fraction of sp³-hybridized carbons (Fsp3) is 0.322. The van der Waals surface area contributed by atoms with Gasteiger partial charge >= 0.3 is 0 Å². The fourth-order valence-electron chi connectivity index (χ4n) is 18.1. The summed E-state index contributed by atoms with van der Waals surface area (Å²) in [4.78, 5) is 23.0. The number of rotatable bonds is 14. The molecule has 20 rings (SSSR count). The van der Waals surface area contributed by atoms with Crippen LogP contribution in [-0.2, 0) is 53.5 Å². The van der Waals surface area contributed by atoms with Crippen molar-refractivity contribution in [3.8, 4) is 68.6 Å². The molecule has 0 aliphatic carbocycles. The molecule has 15 heterocycles. The van der Waals surface area contributed by atoms with Crippen LogP contribution in [0.25, 0.3) is 167 Å². The van der Waals surface area contributed by atoms with E-state index in [1.165, 1.54) is 51.4 Å². The molecule has 0 fully saturated rings. The second-order valence-electron chi connectivity index (χ2n) is 39.3. The van der Waals surface area contributed by atoms with Crippen LogP contribution in [0.3, 0.4) is 0 Å². The summed E-state index contributed by atoms with van der Waals surface area (Å²) in [6.07, 6.45) is 16.7. The molecule has 20 aromatic rings. The van der Waals surface area contributed by atoms with Crippen LogP contribution in [0.1, 0.15) is 254 Å². The van der Waals surface area contributed by atoms with Crippen molar-refractivity contribution in [1.82, 2.24) is 24.9 Å². The van der Waals surface area contributed by atoms with E-state index < -0.39 is 18.6 Å². The highest BCUT2D eigenvalue weighted by molar-refractivity contribution is 6.13. The van der Waals surface area contributed by atoms with Gasteiger partial charge in [-0.2, -0.15) is 0 Å². The lowest BCUT2D eigenvalue weighted by Crippen LogP contribution is -2.31. The monoisotopic (exact) mass is 1810 g/mol. The van der Waals surface area contributed by atoms with E-state index >= 15 is 0 Å². The van der Waals surface area contributed by atoms with Crippen LogP contribution in [0.15, 0.2) is 241 Å².